The summed E-state index contributed by atoms with van der Waals surface area (Å²) >= 11 is 0. The van der Waals surface area contributed by atoms with Crippen LogP contribution in [0.15, 0.2) is 42.6 Å². The Morgan fingerprint density at radius 3 is 2.60 bits per heavy atom. The van der Waals surface area contributed by atoms with Crippen molar-refractivity contribution in [1.82, 2.24) is 15.1 Å². The molecule has 0 bridgehead atoms. The third-order valence-electron chi connectivity index (χ3n) is 2.55. The molecule has 0 fully saturated rings. The molecule has 0 saturated heterocycles. The number of aromatic nitrogens is 2. The van der Waals surface area contributed by atoms with Crippen LogP contribution in [-0.4, -0.2) is 16.8 Å². The van der Waals surface area contributed by atoms with Gasteiger partial charge < -0.3 is 5.32 Å². The molecular weight excluding hydrogens is 186 g/mol. The summed E-state index contributed by atoms with van der Waals surface area (Å²) in [6.45, 7) is 2.12. The van der Waals surface area contributed by atoms with E-state index in [1.165, 1.54) is 5.69 Å². The molecule has 0 aliphatic heterocycles. The Bertz CT molecular complexity index is 419. The van der Waals surface area contributed by atoms with E-state index in [2.05, 4.69) is 29.5 Å². The maximum Gasteiger partial charge on any atom is 0.0649 e. The Kier molecular flexibility index (Phi) is 2.83. The highest BCUT2D eigenvalue weighted by atomic mass is 15.3. The minimum atomic E-state index is 0.299. The Morgan fingerprint density at radius 2 is 1.93 bits per heavy atom. The van der Waals surface area contributed by atoms with Gasteiger partial charge in [-0.1, -0.05) is 18.2 Å². The van der Waals surface area contributed by atoms with Crippen molar-refractivity contribution in [3.05, 3.63) is 48.3 Å². The summed E-state index contributed by atoms with van der Waals surface area (Å²) in [5.74, 6) is 0. The average molecular weight is 201 g/mol. The molecule has 3 heteroatoms. The number of hydrogen-bond acceptors (Lipinski definition) is 2. The highest BCUT2D eigenvalue weighted by molar-refractivity contribution is 5.32. The fourth-order valence-corrected chi connectivity index (χ4v) is 1.57. The van der Waals surface area contributed by atoms with Crippen molar-refractivity contribution in [3.8, 4) is 5.69 Å². The van der Waals surface area contributed by atoms with Crippen LogP contribution in [0.2, 0.25) is 0 Å². The van der Waals surface area contributed by atoms with Crippen molar-refractivity contribution in [3.63, 3.8) is 0 Å². The highest BCUT2D eigenvalue weighted by Crippen LogP contribution is 2.15. The third-order valence-corrected chi connectivity index (χ3v) is 2.55. The van der Waals surface area contributed by atoms with E-state index in [0.717, 1.165) is 5.69 Å². The van der Waals surface area contributed by atoms with E-state index < -0.39 is 0 Å². The molecule has 0 radical (unpaired) electrons. The van der Waals surface area contributed by atoms with Gasteiger partial charge in [0, 0.05) is 12.2 Å². The van der Waals surface area contributed by atoms with Crippen LogP contribution in [0, 0.1) is 0 Å². The molecule has 78 valence electrons. The van der Waals surface area contributed by atoms with Crippen LogP contribution in [0.3, 0.4) is 0 Å². The Hall–Kier alpha value is -1.61. The van der Waals surface area contributed by atoms with E-state index in [9.17, 15) is 0 Å². The zero-order valence-corrected chi connectivity index (χ0v) is 9.01. The van der Waals surface area contributed by atoms with Gasteiger partial charge in [0.2, 0.25) is 0 Å². The van der Waals surface area contributed by atoms with Crippen LogP contribution >= 0.6 is 0 Å². The van der Waals surface area contributed by atoms with Crippen molar-refractivity contribution in [2.24, 2.45) is 0 Å². The van der Waals surface area contributed by atoms with Gasteiger partial charge >= 0.3 is 0 Å². The average Bonchev–Trinajstić information content (AvgIpc) is 2.78. The maximum absolute atomic E-state index is 4.33. The number of nitrogens with one attached hydrogen (secondary N) is 1. The SMILES string of the molecule is CNC(C)c1ccnn1-c1ccccc1. The summed E-state index contributed by atoms with van der Waals surface area (Å²) in [6.07, 6.45) is 1.83. The number of hydrogen-bond donors (Lipinski definition) is 1. The largest absolute Gasteiger partial charge is 0.312 e. The number of benzene rings is 1. The standard InChI is InChI=1S/C12H15N3/c1-10(13-2)12-8-9-14-15(12)11-6-4-3-5-7-11/h3-10,13H,1-2H3. The number of rotatable bonds is 3. The second kappa shape index (κ2) is 4.28. The Balaban J connectivity index is 2.41. The van der Waals surface area contributed by atoms with Gasteiger partial charge in [-0.2, -0.15) is 5.10 Å². The van der Waals surface area contributed by atoms with Gasteiger partial charge in [-0.15, -0.1) is 0 Å². The lowest BCUT2D eigenvalue weighted by molar-refractivity contribution is 0.605. The molecule has 1 atom stereocenters. The van der Waals surface area contributed by atoms with Gasteiger partial charge in [0.25, 0.3) is 0 Å². The summed E-state index contributed by atoms with van der Waals surface area (Å²) in [6, 6.07) is 12.5. The molecule has 0 spiro atoms. The lowest BCUT2D eigenvalue weighted by Crippen LogP contribution is -2.16. The van der Waals surface area contributed by atoms with E-state index in [4.69, 9.17) is 0 Å². The van der Waals surface area contributed by atoms with Gasteiger partial charge in [-0.3, -0.25) is 0 Å². The molecule has 1 aromatic heterocycles. The summed E-state index contributed by atoms with van der Waals surface area (Å²) in [5.41, 5.74) is 2.27. The molecular formula is C12H15N3. The fraction of sp³-hybridized carbons (Fsp3) is 0.250. The minimum absolute atomic E-state index is 0.299. The molecule has 0 aliphatic carbocycles. The first-order valence-corrected chi connectivity index (χ1v) is 5.09. The minimum Gasteiger partial charge on any atom is -0.312 e. The van der Waals surface area contributed by atoms with Crippen LogP contribution in [0.25, 0.3) is 5.69 Å². The van der Waals surface area contributed by atoms with Crippen molar-refractivity contribution in [2.75, 3.05) is 7.05 Å². The first kappa shape index (κ1) is 9.93. The van der Waals surface area contributed by atoms with Crippen LogP contribution in [-0.2, 0) is 0 Å². The van der Waals surface area contributed by atoms with E-state index in [1.807, 2.05) is 42.2 Å². The molecule has 2 rings (SSSR count). The lowest BCUT2D eigenvalue weighted by Gasteiger charge is -2.13. The van der Waals surface area contributed by atoms with E-state index in [1.54, 1.807) is 0 Å². The van der Waals surface area contributed by atoms with Gasteiger partial charge in [-0.25, -0.2) is 4.68 Å². The number of nitrogens with zero attached hydrogens (tertiary/aromatic N) is 2. The molecule has 2 aromatic rings. The molecule has 3 nitrogen and oxygen atoms in total. The smallest absolute Gasteiger partial charge is 0.0649 e. The molecule has 1 heterocycles. The first-order valence-electron chi connectivity index (χ1n) is 5.09. The van der Waals surface area contributed by atoms with Gasteiger partial charge in [0.05, 0.1) is 11.4 Å². The predicted molar refractivity (Wildman–Crippen MR) is 61.0 cm³/mol. The van der Waals surface area contributed by atoms with Gasteiger partial charge in [0.1, 0.15) is 0 Å². The zero-order chi connectivity index (χ0) is 10.7. The van der Waals surface area contributed by atoms with Crippen molar-refractivity contribution >= 4 is 0 Å². The van der Waals surface area contributed by atoms with Crippen LogP contribution in [0.4, 0.5) is 0 Å². The van der Waals surface area contributed by atoms with Crippen molar-refractivity contribution in [1.29, 1.82) is 0 Å². The van der Waals surface area contributed by atoms with E-state index >= 15 is 0 Å². The van der Waals surface area contributed by atoms with Gasteiger partial charge in [-0.05, 0) is 32.2 Å². The quantitative estimate of drug-likeness (QED) is 0.824. The first-order chi connectivity index (χ1) is 7.33. The summed E-state index contributed by atoms with van der Waals surface area (Å²) in [4.78, 5) is 0. The topological polar surface area (TPSA) is 29.9 Å². The maximum atomic E-state index is 4.33. The molecule has 0 saturated carbocycles. The van der Waals surface area contributed by atoms with E-state index in [0.29, 0.717) is 6.04 Å². The molecule has 1 unspecified atom stereocenters. The van der Waals surface area contributed by atoms with Gasteiger partial charge in [0.15, 0.2) is 0 Å². The zero-order valence-electron chi connectivity index (χ0n) is 9.01. The Labute approximate surface area is 89.7 Å². The molecule has 15 heavy (non-hydrogen) atoms. The molecule has 0 aliphatic rings. The van der Waals surface area contributed by atoms with Crippen LogP contribution in [0.5, 0.6) is 0 Å². The monoisotopic (exact) mass is 201 g/mol. The van der Waals surface area contributed by atoms with Crippen molar-refractivity contribution in [2.45, 2.75) is 13.0 Å². The van der Waals surface area contributed by atoms with Crippen LogP contribution < -0.4 is 5.32 Å². The molecule has 1 N–H and O–H groups in total. The summed E-state index contributed by atoms with van der Waals surface area (Å²) in [5, 5.41) is 7.55. The summed E-state index contributed by atoms with van der Waals surface area (Å²) < 4.78 is 1.96. The number of para-hydroxylation sites is 1. The van der Waals surface area contributed by atoms with Crippen LogP contribution in [0.1, 0.15) is 18.7 Å². The predicted octanol–water partition coefficient (Wildman–Crippen LogP) is 2.15. The lowest BCUT2D eigenvalue weighted by atomic mass is 10.2. The van der Waals surface area contributed by atoms with Crippen molar-refractivity contribution < 1.29 is 0 Å². The fourth-order valence-electron chi connectivity index (χ4n) is 1.57. The molecule has 1 aromatic carbocycles. The second-order valence-electron chi connectivity index (χ2n) is 3.51. The van der Waals surface area contributed by atoms with E-state index in [-0.39, 0.29) is 0 Å². The second-order valence-corrected chi connectivity index (χ2v) is 3.51. The molecule has 0 amide bonds. The summed E-state index contributed by atoms with van der Waals surface area (Å²) in [7, 11) is 1.95. The highest BCUT2D eigenvalue weighted by Gasteiger charge is 2.09. The Morgan fingerprint density at radius 1 is 1.20 bits per heavy atom. The normalized spacial score (nSPS) is 12.7. The third kappa shape index (κ3) is 1.92.